The second-order valence-corrected chi connectivity index (χ2v) is 7.47. The van der Waals surface area contributed by atoms with Crippen LogP contribution < -0.4 is 0 Å². The number of hydrogen-bond donors (Lipinski definition) is 0. The maximum atomic E-state index is 5.97. The van der Waals surface area contributed by atoms with Gasteiger partial charge in [-0.1, -0.05) is 0 Å². The molecule has 5 heteroatoms. The van der Waals surface area contributed by atoms with E-state index in [-0.39, 0.29) is 0 Å². The summed E-state index contributed by atoms with van der Waals surface area (Å²) >= 11 is 1.77. The van der Waals surface area contributed by atoms with Gasteiger partial charge in [-0.25, -0.2) is 0 Å². The molecule has 0 amide bonds. The molecule has 0 spiro atoms. The maximum absolute atomic E-state index is 5.97. The van der Waals surface area contributed by atoms with Crippen LogP contribution in [0.1, 0.15) is 35.6 Å². The summed E-state index contributed by atoms with van der Waals surface area (Å²) in [7, 11) is 2.02. The lowest BCUT2D eigenvalue weighted by Crippen LogP contribution is -2.34. The van der Waals surface area contributed by atoms with E-state index in [1.165, 1.54) is 29.7 Å². The van der Waals surface area contributed by atoms with E-state index in [0.29, 0.717) is 5.92 Å². The minimum absolute atomic E-state index is 0.405. The van der Waals surface area contributed by atoms with Crippen LogP contribution in [0.5, 0.6) is 0 Å². The van der Waals surface area contributed by atoms with Crippen molar-refractivity contribution in [3.05, 3.63) is 39.8 Å². The van der Waals surface area contributed by atoms with Gasteiger partial charge in [0.15, 0.2) is 0 Å². The molecular formula is C17H23N3OS. The SMILES string of the molecule is Cn1cc2c(n1)[C@H](COCC1CC1)CN(Cc1ccsc1)C2. The van der Waals surface area contributed by atoms with E-state index in [0.717, 1.165) is 38.8 Å². The molecule has 0 N–H and O–H groups in total. The van der Waals surface area contributed by atoms with Gasteiger partial charge in [0, 0.05) is 51.0 Å². The number of aryl methyl sites for hydroxylation is 1. The van der Waals surface area contributed by atoms with Crippen LogP contribution in [0.3, 0.4) is 0 Å². The van der Waals surface area contributed by atoms with E-state index in [2.05, 4.69) is 33.0 Å². The molecule has 1 saturated carbocycles. The van der Waals surface area contributed by atoms with E-state index in [9.17, 15) is 0 Å². The molecular weight excluding hydrogens is 294 g/mol. The molecule has 2 aliphatic rings. The molecule has 0 aromatic carbocycles. The highest BCUT2D eigenvalue weighted by molar-refractivity contribution is 7.07. The number of thiophene rings is 1. The summed E-state index contributed by atoms with van der Waals surface area (Å²) in [6.45, 7) is 4.81. The summed E-state index contributed by atoms with van der Waals surface area (Å²) in [6, 6.07) is 2.22. The Morgan fingerprint density at radius 1 is 1.36 bits per heavy atom. The van der Waals surface area contributed by atoms with Gasteiger partial charge in [-0.15, -0.1) is 0 Å². The molecule has 0 bridgehead atoms. The third kappa shape index (κ3) is 3.26. The lowest BCUT2D eigenvalue weighted by molar-refractivity contribution is 0.0881. The van der Waals surface area contributed by atoms with Crippen LogP contribution in [0.25, 0.3) is 0 Å². The van der Waals surface area contributed by atoms with E-state index < -0.39 is 0 Å². The molecule has 2 aromatic rings. The monoisotopic (exact) mass is 317 g/mol. The quantitative estimate of drug-likeness (QED) is 0.820. The minimum Gasteiger partial charge on any atom is -0.380 e. The fourth-order valence-corrected chi connectivity index (χ4v) is 3.94. The van der Waals surface area contributed by atoms with Gasteiger partial charge in [0.2, 0.25) is 0 Å². The summed E-state index contributed by atoms with van der Waals surface area (Å²) in [6.07, 6.45) is 4.87. The normalized spacial score (nSPS) is 22.0. The standard InChI is InChI=1S/C17H23N3OS/c1-19-7-15-8-20(6-14-4-5-22-12-14)9-16(17(15)18-19)11-21-10-13-2-3-13/h4-5,7,12-13,16H,2-3,6,8-11H2,1H3/t16-/m0/s1. The Morgan fingerprint density at radius 3 is 3.05 bits per heavy atom. The predicted molar refractivity (Wildman–Crippen MR) is 87.9 cm³/mol. The third-order valence-corrected chi connectivity index (χ3v) is 5.28. The van der Waals surface area contributed by atoms with Crippen LogP contribution >= 0.6 is 11.3 Å². The number of rotatable bonds is 6. The van der Waals surface area contributed by atoms with Crippen molar-refractivity contribution < 1.29 is 4.74 Å². The molecule has 22 heavy (non-hydrogen) atoms. The Kier molecular flexibility index (Phi) is 4.03. The van der Waals surface area contributed by atoms with Crippen molar-refractivity contribution in [3.8, 4) is 0 Å². The number of fused-ring (bicyclic) bond motifs is 1. The summed E-state index contributed by atoms with van der Waals surface area (Å²) < 4.78 is 7.92. The van der Waals surface area contributed by atoms with E-state index >= 15 is 0 Å². The number of hydrogen-bond acceptors (Lipinski definition) is 4. The van der Waals surface area contributed by atoms with Crippen LogP contribution in [0, 0.1) is 5.92 Å². The lowest BCUT2D eigenvalue weighted by Gasteiger charge is -2.31. The summed E-state index contributed by atoms with van der Waals surface area (Å²) in [4.78, 5) is 2.53. The van der Waals surface area contributed by atoms with Gasteiger partial charge in [-0.05, 0) is 41.1 Å². The molecule has 2 aromatic heterocycles. The second-order valence-electron chi connectivity index (χ2n) is 6.69. The second kappa shape index (κ2) is 6.14. The molecule has 118 valence electrons. The number of ether oxygens (including phenoxy) is 1. The van der Waals surface area contributed by atoms with Gasteiger partial charge in [0.1, 0.15) is 0 Å². The highest BCUT2D eigenvalue weighted by Gasteiger charge is 2.29. The first-order chi connectivity index (χ1) is 10.8. The van der Waals surface area contributed by atoms with Crippen molar-refractivity contribution in [2.45, 2.75) is 31.8 Å². The van der Waals surface area contributed by atoms with Gasteiger partial charge < -0.3 is 4.74 Å². The minimum atomic E-state index is 0.405. The Labute approximate surface area is 135 Å². The molecule has 0 saturated heterocycles. The maximum Gasteiger partial charge on any atom is 0.0736 e. The highest BCUT2D eigenvalue weighted by atomic mass is 32.1. The Balaban J connectivity index is 1.45. The van der Waals surface area contributed by atoms with Gasteiger partial charge in [-0.3, -0.25) is 9.58 Å². The van der Waals surface area contributed by atoms with Gasteiger partial charge in [-0.2, -0.15) is 16.4 Å². The molecule has 4 rings (SSSR count). The molecule has 1 fully saturated rings. The van der Waals surface area contributed by atoms with Crippen LogP contribution in [0.2, 0.25) is 0 Å². The molecule has 3 heterocycles. The largest absolute Gasteiger partial charge is 0.380 e. The lowest BCUT2D eigenvalue weighted by atomic mass is 9.97. The Bertz CT molecular complexity index is 618. The molecule has 4 nitrogen and oxygen atoms in total. The number of nitrogens with zero attached hydrogens (tertiary/aromatic N) is 3. The molecule has 1 atom stereocenters. The van der Waals surface area contributed by atoms with Gasteiger partial charge >= 0.3 is 0 Å². The summed E-state index contributed by atoms with van der Waals surface area (Å²) in [5.74, 6) is 1.23. The van der Waals surface area contributed by atoms with Crippen LogP contribution in [0.4, 0.5) is 0 Å². The van der Waals surface area contributed by atoms with Crippen molar-refractivity contribution >= 4 is 11.3 Å². The summed E-state index contributed by atoms with van der Waals surface area (Å²) in [5.41, 5.74) is 4.03. The number of aromatic nitrogens is 2. The average molecular weight is 317 g/mol. The third-order valence-electron chi connectivity index (χ3n) is 4.55. The summed E-state index contributed by atoms with van der Waals surface area (Å²) in [5, 5.41) is 9.09. The molecule has 0 unspecified atom stereocenters. The van der Waals surface area contributed by atoms with E-state index in [4.69, 9.17) is 4.74 Å². The van der Waals surface area contributed by atoms with Crippen molar-refractivity contribution in [1.29, 1.82) is 0 Å². The fraction of sp³-hybridized carbons (Fsp3) is 0.588. The van der Waals surface area contributed by atoms with Crippen molar-refractivity contribution in [2.24, 2.45) is 13.0 Å². The van der Waals surface area contributed by atoms with Gasteiger partial charge in [0.05, 0.1) is 12.3 Å². The van der Waals surface area contributed by atoms with Crippen molar-refractivity contribution in [1.82, 2.24) is 14.7 Å². The first kappa shape index (κ1) is 14.4. The van der Waals surface area contributed by atoms with Crippen molar-refractivity contribution in [3.63, 3.8) is 0 Å². The van der Waals surface area contributed by atoms with E-state index in [1.807, 2.05) is 11.7 Å². The zero-order valence-electron chi connectivity index (χ0n) is 13.1. The predicted octanol–water partition coefficient (Wildman–Crippen LogP) is 3.01. The first-order valence-electron chi connectivity index (χ1n) is 8.11. The Morgan fingerprint density at radius 2 is 2.27 bits per heavy atom. The molecule has 0 radical (unpaired) electrons. The topological polar surface area (TPSA) is 30.3 Å². The molecule has 1 aliphatic heterocycles. The zero-order chi connectivity index (χ0) is 14.9. The zero-order valence-corrected chi connectivity index (χ0v) is 13.9. The first-order valence-corrected chi connectivity index (χ1v) is 9.06. The highest BCUT2D eigenvalue weighted by Crippen LogP contribution is 2.31. The fourth-order valence-electron chi connectivity index (χ4n) is 3.28. The van der Waals surface area contributed by atoms with Crippen molar-refractivity contribution in [2.75, 3.05) is 19.8 Å². The van der Waals surface area contributed by atoms with Gasteiger partial charge in [0.25, 0.3) is 0 Å². The van der Waals surface area contributed by atoms with Crippen LogP contribution in [-0.2, 0) is 24.9 Å². The smallest absolute Gasteiger partial charge is 0.0736 e. The van der Waals surface area contributed by atoms with Crippen LogP contribution in [0.15, 0.2) is 23.0 Å². The van der Waals surface area contributed by atoms with E-state index in [1.54, 1.807) is 11.3 Å². The Hall–Kier alpha value is -1.17. The molecule has 1 aliphatic carbocycles. The van der Waals surface area contributed by atoms with Crippen LogP contribution in [-0.4, -0.2) is 34.4 Å². The average Bonchev–Trinajstić information content (AvgIpc) is 3.02.